The van der Waals surface area contributed by atoms with E-state index in [4.69, 9.17) is 9.72 Å². The standard InChI is InChI=1S/C25H26N2OS/c1-3-4-5-9-16-29-25-23(18-26)22(19-10-7-6-8-11-19)17-24(27-25)20-12-14-21(28-2)15-13-20/h6-8,10-15,17H,3-5,9,16H2,1-2H3. The zero-order valence-corrected chi connectivity index (χ0v) is 17.8. The molecule has 29 heavy (non-hydrogen) atoms. The summed E-state index contributed by atoms with van der Waals surface area (Å²) in [7, 11) is 1.66. The lowest BCUT2D eigenvalue weighted by Gasteiger charge is -2.13. The van der Waals surface area contributed by atoms with Gasteiger partial charge in [-0.15, -0.1) is 11.8 Å². The molecule has 0 unspecified atom stereocenters. The lowest BCUT2D eigenvalue weighted by molar-refractivity contribution is 0.415. The van der Waals surface area contributed by atoms with Gasteiger partial charge in [-0.3, -0.25) is 0 Å². The average Bonchev–Trinajstić information content (AvgIpc) is 2.79. The van der Waals surface area contributed by atoms with Gasteiger partial charge in [-0.2, -0.15) is 5.26 Å². The molecule has 0 fully saturated rings. The number of hydrogen-bond acceptors (Lipinski definition) is 4. The predicted octanol–water partition coefficient (Wildman–Crippen LogP) is 6.97. The lowest BCUT2D eigenvalue weighted by atomic mass is 9.99. The third-order valence-electron chi connectivity index (χ3n) is 4.81. The van der Waals surface area contributed by atoms with Crippen LogP contribution in [-0.4, -0.2) is 17.8 Å². The molecule has 0 amide bonds. The third-order valence-corrected chi connectivity index (χ3v) is 5.87. The topological polar surface area (TPSA) is 45.9 Å². The fraction of sp³-hybridized carbons (Fsp3) is 0.280. The van der Waals surface area contributed by atoms with E-state index in [-0.39, 0.29) is 0 Å². The van der Waals surface area contributed by atoms with Crippen molar-refractivity contribution in [2.75, 3.05) is 12.9 Å². The number of nitriles is 1. The van der Waals surface area contributed by atoms with Gasteiger partial charge in [0.15, 0.2) is 0 Å². The molecular formula is C25H26N2OS. The van der Waals surface area contributed by atoms with Crippen molar-refractivity contribution in [3.63, 3.8) is 0 Å². The van der Waals surface area contributed by atoms with Crippen LogP contribution in [0.25, 0.3) is 22.4 Å². The van der Waals surface area contributed by atoms with Crippen molar-refractivity contribution in [2.24, 2.45) is 0 Å². The highest BCUT2D eigenvalue weighted by Crippen LogP contribution is 2.34. The monoisotopic (exact) mass is 402 g/mol. The normalized spacial score (nSPS) is 10.5. The summed E-state index contributed by atoms with van der Waals surface area (Å²) in [6.07, 6.45) is 4.82. The van der Waals surface area contributed by atoms with E-state index in [2.05, 4.69) is 13.0 Å². The van der Waals surface area contributed by atoms with Gasteiger partial charge in [-0.1, -0.05) is 56.5 Å². The van der Waals surface area contributed by atoms with Crippen LogP contribution in [0.1, 0.15) is 38.2 Å². The fourth-order valence-corrected chi connectivity index (χ4v) is 4.19. The largest absolute Gasteiger partial charge is 0.497 e. The molecular weight excluding hydrogens is 376 g/mol. The van der Waals surface area contributed by atoms with Crippen molar-refractivity contribution < 1.29 is 4.74 Å². The number of nitrogens with zero attached hydrogens (tertiary/aromatic N) is 2. The number of thioether (sulfide) groups is 1. The van der Waals surface area contributed by atoms with Crippen LogP contribution >= 0.6 is 11.8 Å². The molecule has 0 saturated heterocycles. The van der Waals surface area contributed by atoms with Crippen molar-refractivity contribution in [3.05, 3.63) is 66.2 Å². The molecule has 0 aliphatic carbocycles. The number of methoxy groups -OCH3 is 1. The maximum Gasteiger partial charge on any atom is 0.118 e. The summed E-state index contributed by atoms with van der Waals surface area (Å²) in [5.74, 6) is 1.79. The summed E-state index contributed by atoms with van der Waals surface area (Å²) in [6, 6.07) is 22.4. The molecule has 1 aromatic heterocycles. The number of unbranched alkanes of at least 4 members (excludes halogenated alkanes) is 3. The van der Waals surface area contributed by atoms with Crippen molar-refractivity contribution in [2.45, 2.75) is 37.6 Å². The van der Waals surface area contributed by atoms with Gasteiger partial charge in [0.25, 0.3) is 0 Å². The Morgan fingerprint density at radius 3 is 2.38 bits per heavy atom. The van der Waals surface area contributed by atoms with E-state index in [1.54, 1.807) is 18.9 Å². The molecule has 4 heteroatoms. The van der Waals surface area contributed by atoms with Crippen molar-refractivity contribution in [1.29, 1.82) is 5.26 Å². The molecule has 0 bridgehead atoms. The van der Waals surface area contributed by atoms with Crippen molar-refractivity contribution >= 4 is 11.8 Å². The Hall–Kier alpha value is -2.77. The molecule has 3 nitrogen and oxygen atoms in total. The molecule has 0 atom stereocenters. The van der Waals surface area contributed by atoms with Crippen molar-refractivity contribution in [1.82, 2.24) is 4.98 Å². The zero-order valence-electron chi connectivity index (χ0n) is 17.0. The molecule has 1 heterocycles. The number of aromatic nitrogens is 1. The van der Waals surface area contributed by atoms with Gasteiger partial charge in [-0.25, -0.2) is 4.98 Å². The van der Waals surface area contributed by atoms with Gasteiger partial charge in [0, 0.05) is 11.1 Å². The van der Waals surface area contributed by atoms with E-state index in [1.165, 1.54) is 19.3 Å². The second-order valence-corrected chi connectivity index (χ2v) is 7.93. The van der Waals surface area contributed by atoms with Gasteiger partial charge < -0.3 is 4.74 Å². The molecule has 2 aromatic carbocycles. The van der Waals surface area contributed by atoms with Crippen LogP contribution in [0.3, 0.4) is 0 Å². The first kappa shape index (κ1) is 21.0. The number of hydrogen-bond donors (Lipinski definition) is 0. The molecule has 0 aliphatic heterocycles. The van der Waals surface area contributed by atoms with E-state index in [0.29, 0.717) is 5.56 Å². The highest BCUT2D eigenvalue weighted by molar-refractivity contribution is 7.99. The van der Waals surface area contributed by atoms with Crippen LogP contribution in [0.5, 0.6) is 5.75 Å². The number of pyridine rings is 1. The highest BCUT2D eigenvalue weighted by Gasteiger charge is 2.15. The van der Waals surface area contributed by atoms with E-state index in [0.717, 1.165) is 45.3 Å². The molecule has 0 spiro atoms. The zero-order chi connectivity index (χ0) is 20.5. The first-order chi connectivity index (χ1) is 14.3. The van der Waals surface area contributed by atoms with Crippen LogP contribution < -0.4 is 4.74 Å². The molecule has 3 rings (SSSR count). The van der Waals surface area contributed by atoms with Crippen LogP contribution in [-0.2, 0) is 0 Å². The Morgan fingerprint density at radius 2 is 1.72 bits per heavy atom. The van der Waals surface area contributed by atoms with Gasteiger partial charge in [0.2, 0.25) is 0 Å². The summed E-state index contributed by atoms with van der Waals surface area (Å²) >= 11 is 1.69. The molecule has 3 aromatic rings. The molecule has 0 radical (unpaired) electrons. The quantitative estimate of drug-likeness (QED) is 0.286. The van der Waals surface area contributed by atoms with Crippen LogP contribution in [0.2, 0.25) is 0 Å². The third kappa shape index (κ3) is 5.40. The summed E-state index contributed by atoms with van der Waals surface area (Å²) < 4.78 is 5.28. The van der Waals surface area contributed by atoms with E-state index >= 15 is 0 Å². The first-order valence-electron chi connectivity index (χ1n) is 10.0. The van der Waals surface area contributed by atoms with E-state index in [9.17, 15) is 5.26 Å². The van der Waals surface area contributed by atoms with Crippen LogP contribution in [0.4, 0.5) is 0 Å². The SMILES string of the molecule is CCCCCCSc1nc(-c2ccc(OC)cc2)cc(-c2ccccc2)c1C#N. The molecule has 0 saturated carbocycles. The van der Waals surface area contributed by atoms with Crippen LogP contribution in [0, 0.1) is 11.3 Å². The number of benzene rings is 2. The average molecular weight is 403 g/mol. The number of rotatable bonds is 9. The van der Waals surface area contributed by atoms with Gasteiger partial charge >= 0.3 is 0 Å². The summed E-state index contributed by atoms with van der Waals surface area (Å²) in [5, 5.41) is 10.7. The maximum atomic E-state index is 9.91. The second-order valence-electron chi connectivity index (χ2n) is 6.85. The first-order valence-corrected chi connectivity index (χ1v) is 11.0. The second kappa shape index (κ2) is 10.7. The molecule has 148 valence electrons. The Bertz CT molecular complexity index is 963. The lowest BCUT2D eigenvalue weighted by Crippen LogP contribution is -1.96. The van der Waals surface area contributed by atoms with Gasteiger partial charge in [-0.05, 0) is 48.1 Å². The molecule has 0 aliphatic rings. The summed E-state index contributed by atoms with van der Waals surface area (Å²) in [4.78, 5) is 4.87. The van der Waals surface area contributed by atoms with Gasteiger partial charge in [0.1, 0.15) is 16.8 Å². The maximum absolute atomic E-state index is 9.91. The Labute approximate surface area is 177 Å². The minimum atomic E-state index is 0.661. The Morgan fingerprint density at radius 1 is 0.966 bits per heavy atom. The summed E-state index contributed by atoms with van der Waals surface area (Å²) in [5.41, 5.74) is 4.52. The van der Waals surface area contributed by atoms with Crippen molar-refractivity contribution in [3.8, 4) is 34.2 Å². The summed E-state index contributed by atoms with van der Waals surface area (Å²) in [6.45, 7) is 2.22. The van der Waals surface area contributed by atoms with Gasteiger partial charge in [0.05, 0.1) is 18.4 Å². The minimum Gasteiger partial charge on any atom is -0.497 e. The highest BCUT2D eigenvalue weighted by atomic mass is 32.2. The van der Waals surface area contributed by atoms with Crippen LogP contribution in [0.15, 0.2) is 65.7 Å². The Kier molecular flexibility index (Phi) is 7.72. The minimum absolute atomic E-state index is 0.661. The number of ether oxygens (including phenoxy) is 1. The fourth-order valence-electron chi connectivity index (χ4n) is 3.19. The Balaban J connectivity index is 2.01. The predicted molar refractivity (Wildman–Crippen MR) is 121 cm³/mol. The van der Waals surface area contributed by atoms with E-state index in [1.807, 2.05) is 60.7 Å². The van der Waals surface area contributed by atoms with E-state index < -0.39 is 0 Å². The smallest absolute Gasteiger partial charge is 0.118 e. The molecule has 0 N–H and O–H groups in total.